The molecule has 0 fully saturated rings. The van der Waals surface area contributed by atoms with E-state index in [1.165, 1.54) is 11.8 Å². The van der Waals surface area contributed by atoms with E-state index in [-0.39, 0.29) is 11.7 Å². The molecule has 1 aromatic heterocycles. The van der Waals surface area contributed by atoms with E-state index in [2.05, 4.69) is 4.98 Å². The van der Waals surface area contributed by atoms with Crippen LogP contribution in [0.5, 0.6) is 5.75 Å². The number of rotatable bonds is 6. The van der Waals surface area contributed by atoms with Gasteiger partial charge in [0.05, 0.1) is 13.0 Å². The smallest absolute Gasteiger partial charge is 0.304 e. The summed E-state index contributed by atoms with van der Waals surface area (Å²) < 4.78 is 5.41. The first-order valence-corrected chi connectivity index (χ1v) is 5.97. The van der Waals surface area contributed by atoms with E-state index in [4.69, 9.17) is 9.84 Å². The number of thioether (sulfide) groups is 1. The van der Waals surface area contributed by atoms with Crippen LogP contribution in [0.25, 0.3) is 0 Å². The van der Waals surface area contributed by atoms with Crippen molar-refractivity contribution < 1.29 is 14.6 Å². The van der Waals surface area contributed by atoms with Gasteiger partial charge in [-0.05, 0) is 19.1 Å². The molecule has 1 rings (SSSR count). The van der Waals surface area contributed by atoms with Crippen LogP contribution in [-0.2, 0) is 4.79 Å². The Hall–Kier alpha value is -1.23. The summed E-state index contributed by atoms with van der Waals surface area (Å²) in [5, 5.41) is 9.40. The highest BCUT2D eigenvalue weighted by atomic mass is 32.2. The van der Waals surface area contributed by atoms with E-state index in [9.17, 15) is 4.79 Å². The number of nitrogens with zero attached hydrogens (tertiary/aromatic N) is 1. The summed E-state index contributed by atoms with van der Waals surface area (Å²) in [6, 6.07) is 3.64. The van der Waals surface area contributed by atoms with E-state index in [0.29, 0.717) is 12.4 Å². The van der Waals surface area contributed by atoms with E-state index in [1.54, 1.807) is 12.3 Å². The Labute approximate surface area is 99.0 Å². The molecule has 0 saturated heterocycles. The number of carboxylic acid groups (broad SMARTS) is 1. The summed E-state index contributed by atoms with van der Waals surface area (Å²) in [5.74, 6) is -0.0823. The lowest BCUT2D eigenvalue weighted by Crippen LogP contribution is -2.06. The van der Waals surface area contributed by atoms with Gasteiger partial charge in [-0.3, -0.25) is 4.79 Å². The number of pyridine rings is 1. The molecule has 0 aromatic carbocycles. The van der Waals surface area contributed by atoms with Crippen molar-refractivity contribution in [1.29, 1.82) is 0 Å². The fourth-order valence-corrected chi connectivity index (χ4v) is 2.18. The van der Waals surface area contributed by atoms with Gasteiger partial charge in [0.25, 0.3) is 0 Å². The van der Waals surface area contributed by atoms with Gasteiger partial charge in [-0.25, -0.2) is 4.98 Å². The van der Waals surface area contributed by atoms with E-state index < -0.39 is 5.97 Å². The third-order valence-corrected chi connectivity index (χ3v) is 2.91. The molecule has 4 nitrogen and oxygen atoms in total. The normalized spacial score (nSPS) is 12.1. The monoisotopic (exact) mass is 241 g/mol. The van der Waals surface area contributed by atoms with Crippen LogP contribution in [0.2, 0.25) is 0 Å². The van der Waals surface area contributed by atoms with Crippen LogP contribution in [-0.4, -0.2) is 27.9 Å². The van der Waals surface area contributed by atoms with Crippen molar-refractivity contribution in [1.82, 2.24) is 4.98 Å². The maximum absolute atomic E-state index is 10.5. The predicted molar refractivity (Wildman–Crippen MR) is 63.0 cm³/mol. The van der Waals surface area contributed by atoms with Crippen LogP contribution in [0.3, 0.4) is 0 Å². The minimum absolute atomic E-state index is 0.0217. The van der Waals surface area contributed by atoms with Crippen molar-refractivity contribution in [3.63, 3.8) is 0 Å². The van der Waals surface area contributed by atoms with Crippen LogP contribution in [0.4, 0.5) is 0 Å². The van der Waals surface area contributed by atoms with Crippen LogP contribution >= 0.6 is 11.8 Å². The lowest BCUT2D eigenvalue weighted by Gasteiger charge is -2.11. The highest BCUT2D eigenvalue weighted by molar-refractivity contribution is 8.00. The Morgan fingerprint density at radius 3 is 3.06 bits per heavy atom. The van der Waals surface area contributed by atoms with Gasteiger partial charge in [0.15, 0.2) is 5.75 Å². The molecule has 0 spiro atoms. The highest BCUT2D eigenvalue weighted by Crippen LogP contribution is 2.31. The maximum Gasteiger partial charge on any atom is 0.304 e. The number of aromatic nitrogens is 1. The minimum atomic E-state index is -0.797. The molecular formula is C11H15NO3S. The first kappa shape index (κ1) is 12.8. The zero-order chi connectivity index (χ0) is 12.0. The summed E-state index contributed by atoms with van der Waals surface area (Å²) in [6.07, 6.45) is 1.80. The van der Waals surface area contributed by atoms with Crippen LogP contribution in [0, 0.1) is 0 Å². The molecule has 0 amide bonds. The van der Waals surface area contributed by atoms with Crippen molar-refractivity contribution >= 4 is 17.7 Å². The van der Waals surface area contributed by atoms with Gasteiger partial charge >= 0.3 is 5.97 Å². The molecule has 1 N–H and O–H groups in total. The zero-order valence-corrected chi connectivity index (χ0v) is 10.2. The number of carbonyl (C=O) groups is 1. The Kier molecular flexibility index (Phi) is 5.11. The molecule has 0 aliphatic carbocycles. The lowest BCUT2D eigenvalue weighted by atomic mass is 10.3. The van der Waals surface area contributed by atoms with Gasteiger partial charge < -0.3 is 9.84 Å². The third-order valence-electron chi connectivity index (χ3n) is 1.81. The SMILES string of the molecule is CCOc1cccnc1SC(C)CC(=O)O. The van der Waals surface area contributed by atoms with Gasteiger partial charge in [0.1, 0.15) is 5.03 Å². The summed E-state index contributed by atoms with van der Waals surface area (Å²) in [6.45, 7) is 4.35. The van der Waals surface area contributed by atoms with Crippen LogP contribution in [0.15, 0.2) is 23.4 Å². The van der Waals surface area contributed by atoms with E-state index in [0.717, 1.165) is 5.03 Å². The highest BCUT2D eigenvalue weighted by Gasteiger charge is 2.13. The average molecular weight is 241 g/mol. The van der Waals surface area contributed by atoms with E-state index >= 15 is 0 Å². The minimum Gasteiger partial charge on any atom is -0.491 e. The fourth-order valence-electron chi connectivity index (χ4n) is 1.21. The van der Waals surface area contributed by atoms with Crippen molar-refractivity contribution in [2.75, 3.05) is 6.61 Å². The standard InChI is InChI=1S/C11H15NO3S/c1-3-15-9-5-4-6-12-11(9)16-8(2)7-10(13)14/h4-6,8H,3,7H2,1-2H3,(H,13,14). The predicted octanol–water partition coefficient (Wildman–Crippen LogP) is 2.44. The molecule has 0 aliphatic heterocycles. The molecule has 0 saturated carbocycles. The van der Waals surface area contributed by atoms with Gasteiger partial charge in [0, 0.05) is 11.4 Å². The lowest BCUT2D eigenvalue weighted by molar-refractivity contribution is -0.136. The Bertz CT molecular complexity index is 357. The first-order valence-electron chi connectivity index (χ1n) is 5.09. The average Bonchev–Trinajstić information content (AvgIpc) is 2.20. The quantitative estimate of drug-likeness (QED) is 0.775. The van der Waals surface area contributed by atoms with Crippen molar-refractivity contribution in [3.8, 4) is 5.75 Å². The second kappa shape index (κ2) is 6.37. The van der Waals surface area contributed by atoms with Gasteiger partial charge in [-0.2, -0.15) is 0 Å². The second-order valence-electron chi connectivity index (χ2n) is 3.27. The molecule has 0 radical (unpaired) electrons. The molecule has 1 aromatic rings. The van der Waals surface area contributed by atoms with Gasteiger partial charge in [-0.15, -0.1) is 0 Å². The van der Waals surface area contributed by atoms with E-state index in [1.807, 2.05) is 19.9 Å². The molecule has 1 atom stereocenters. The number of aliphatic carboxylic acids is 1. The molecule has 16 heavy (non-hydrogen) atoms. The van der Waals surface area contributed by atoms with Gasteiger partial charge in [0.2, 0.25) is 0 Å². The summed E-state index contributed by atoms with van der Waals surface area (Å²) in [5.41, 5.74) is 0. The Morgan fingerprint density at radius 1 is 1.69 bits per heavy atom. The van der Waals surface area contributed by atoms with Gasteiger partial charge in [-0.1, -0.05) is 18.7 Å². The zero-order valence-electron chi connectivity index (χ0n) is 9.34. The molecular weight excluding hydrogens is 226 g/mol. The molecule has 0 bridgehead atoms. The first-order chi connectivity index (χ1) is 7.63. The molecule has 0 aliphatic rings. The summed E-state index contributed by atoms with van der Waals surface area (Å²) in [4.78, 5) is 14.7. The number of hydrogen-bond donors (Lipinski definition) is 1. The maximum atomic E-state index is 10.5. The topological polar surface area (TPSA) is 59.4 Å². The van der Waals surface area contributed by atoms with Crippen LogP contribution < -0.4 is 4.74 Å². The molecule has 1 heterocycles. The molecule has 88 valence electrons. The number of ether oxygens (including phenoxy) is 1. The molecule has 1 unspecified atom stereocenters. The van der Waals surface area contributed by atoms with Crippen molar-refractivity contribution in [2.24, 2.45) is 0 Å². The summed E-state index contributed by atoms with van der Waals surface area (Å²) in [7, 11) is 0. The second-order valence-corrected chi connectivity index (χ2v) is 4.69. The van der Waals surface area contributed by atoms with Crippen molar-refractivity contribution in [2.45, 2.75) is 30.5 Å². The Balaban J connectivity index is 2.68. The summed E-state index contributed by atoms with van der Waals surface area (Å²) >= 11 is 1.42. The largest absolute Gasteiger partial charge is 0.491 e. The fraction of sp³-hybridized carbons (Fsp3) is 0.455. The third kappa shape index (κ3) is 4.10. The number of hydrogen-bond acceptors (Lipinski definition) is 4. The van der Waals surface area contributed by atoms with Crippen LogP contribution in [0.1, 0.15) is 20.3 Å². The van der Waals surface area contributed by atoms with Crippen molar-refractivity contribution in [3.05, 3.63) is 18.3 Å². The Morgan fingerprint density at radius 2 is 2.44 bits per heavy atom. The number of carboxylic acids is 1. The molecule has 5 heteroatoms.